The zero-order chi connectivity index (χ0) is 34.7. The fraction of sp³-hybridized carbons (Fsp3) is 0.697. The van der Waals surface area contributed by atoms with Crippen LogP contribution in [0.4, 0.5) is 0 Å². The van der Waals surface area contributed by atoms with Crippen LogP contribution >= 0.6 is 0 Å². The van der Waals surface area contributed by atoms with E-state index in [1.807, 2.05) is 16.7 Å². The van der Waals surface area contributed by atoms with E-state index in [9.17, 15) is 5.21 Å². The highest BCUT2D eigenvalue weighted by atomic mass is 28.4. The predicted octanol–water partition coefficient (Wildman–Crippen LogP) is 7.83. The molecular weight excluding hydrogens is 631 g/mol. The molecule has 13 heteroatoms. The molecule has 10 nitrogen and oxygen atoms in total. The lowest BCUT2D eigenvalue weighted by Crippen LogP contribution is -2.54. The van der Waals surface area contributed by atoms with Gasteiger partial charge in [-0.25, -0.2) is 9.71 Å². The second-order valence-electron chi connectivity index (χ2n) is 17.3. The van der Waals surface area contributed by atoms with Crippen LogP contribution in [0.1, 0.15) is 68.5 Å². The highest BCUT2D eigenvalue weighted by Crippen LogP contribution is 2.47. The van der Waals surface area contributed by atoms with Crippen molar-refractivity contribution in [2.75, 3.05) is 6.61 Å². The van der Waals surface area contributed by atoms with E-state index in [4.69, 9.17) is 23.0 Å². The van der Waals surface area contributed by atoms with Crippen LogP contribution in [0, 0.1) is 5.21 Å². The fourth-order valence-electron chi connectivity index (χ4n) is 4.72. The fourth-order valence-corrected chi connectivity index (χ4v) is 8.34. The van der Waals surface area contributed by atoms with Gasteiger partial charge in [-0.15, -0.1) is 0 Å². The van der Waals surface area contributed by atoms with Gasteiger partial charge in [-0.1, -0.05) is 68.4 Å². The molecule has 0 unspecified atom stereocenters. The van der Waals surface area contributed by atoms with E-state index in [0.29, 0.717) is 29.2 Å². The average molecular weight is 688 g/mol. The molecule has 0 radical (unpaired) electrons. The maximum Gasteiger partial charge on any atom is 0.292 e. The van der Waals surface area contributed by atoms with Crippen LogP contribution in [-0.2, 0) is 18.0 Å². The Bertz CT molecular complexity index is 1510. The van der Waals surface area contributed by atoms with Crippen molar-refractivity contribution >= 4 is 36.1 Å². The summed E-state index contributed by atoms with van der Waals surface area (Å²) < 4.78 is 31.0. The summed E-state index contributed by atoms with van der Waals surface area (Å²) in [7, 11) is -6.75. The first kappa shape index (κ1) is 36.8. The Labute approximate surface area is 279 Å². The molecule has 4 heterocycles. The van der Waals surface area contributed by atoms with Gasteiger partial charge in [0.1, 0.15) is 30.3 Å². The number of fused-ring (bicyclic) bond motifs is 1. The van der Waals surface area contributed by atoms with Crippen LogP contribution < -0.4 is 4.73 Å². The first-order chi connectivity index (χ1) is 20.9. The number of hydrogen-bond donors (Lipinski definition) is 0. The van der Waals surface area contributed by atoms with Gasteiger partial charge in [0.25, 0.3) is 12.0 Å². The summed E-state index contributed by atoms with van der Waals surface area (Å²) in [4.78, 5) is 13.7. The van der Waals surface area contributed by atoms with E-state index in [-0.39, 0.29) is 27.3 Å². The molecule has 1 aliphatic heterocycles. The number of rotatable bonds is 9. The third-order valence-electron chi connectivity index (χ3n) is 10.9. The monoisotopic (exact) mass is 687 g/mol. The number of nitrogens with zero attached hydrogens (tertiary/aromatic N) is 5. The number of aromatic nitrogens is 5. The SMILES string of the molecule is CC(C)(C)[Si](C)(C)OC[C@H]1O[C@@H](n2cnc3c(-c4ccccn4)[n+]([O-])cnc32)[C@H](O[Si](C)(C)C(C)(C)C)[C@@H]1O[Si](C)(C)C(C)(C)C. The maximum absolute atomic E-state index is 13.0. The van der Waals surface area contributed by atoms with Crippen LogP contribution in [0.2, 0.25) is 54.4 Å². The van der Waals surface area contributed by atoms with Crippen LogP contribution in [-0.4, -0.2) is 69.4 Å². The standard InChI is InChI=1S/C33H57N5O5Si3/c1-31(2,3)44(10,11)40-20-24-27(42-45(12,13)32(4,5)6)28(43-46(14,15)33(7,8)9)30(41-24)37-21-35-25-26(23-18-16-17-19-34-23)38(39)22-36-29(25)37/h16-19,21-22,24,27-28,30H,20H2,1-15H3/t24-,27-,28-,30-/m1/s1. The van der Waals surface area contributed by atoms with Crippen molar-refractivity contribution in [3.63, 3.8) is 0 Å². The summed E-state index contributed by atoms with van der Waals surface area (Å²) in [5.74, 6) is 0. The predicted molar refractivity (Wildman–Crippen MR) is 191 cm³/mol. The Balaban J connectivity index is 1.88. The largest absolute Gasteiger partial charge is 0.710 e. The van der Waals surface area contributed by atoms with Crippen LogP contribution in [0.5, 0.6) is 0 Å². The summed E-state index contributed by atoms with van der Waals surface area (Å²) in [6.45, 7) is 34.2. The van der Waals surface area contributed by atoms with E-state index in [0.717, 1.165) is 4.73 Å². The second kappa shape index (κ2) is 12.5. The molecule has 0 spiro atoms. The Hall–Kier alpha value is -2.01. The summed E-state index contributed by atoms with van der Waals surface area (Å²) in [5, 5.41) is 13.0. The van der Waals surface area contributed by atoms with Gasteiger partial charge in [0.2, 0.25) is 0 Å². The Kier molecular flexibility index (Phi) is 9.98. The molecule has 0 amide bonds. The van der Waals surface area contributed by atoms with Crippen molar-refractivity contribution < 1.29 is 22.7 Å². The molecule has 0 bridgehead atoms. The highest BCUT2D eigenvalue weighted by Gasteiger charge is 2.55. The van der Waals surface area contributed by atoms with Crippen molar-refractivity contribution in [2.24, 2.45) is 0 Å². The minimum Gasteiger partial charge on any atom is -0.710 e. The molecule has 46 heavy (non-hydrogen) atoms. The van der Waals surface area contributed by atoms with Gasteiger partial charge in [0, 0.05) is 6.20 Å². The molecule has 4 atom stereocenters. The molecule has 0 aromatic carbocycles. The molecule has 0 N–H and O–H groups in total. The first-order valence-corrected chi connectivity index (χ1v) is 25.1. The second-order valence-corrected chi connectivity index (χ2v) is 31.6. The minimum atomic E-state index is -2.34. The highest BCUT2D eigenvalue weighted by molar-refractivity contribution is 6.75. The third kappa shape index (κ3) is 7.20. The van der Waals surface area contributed by atoms with Gasteiger partial charge in [0.05, 0.1) is 6.61 Å². The molecule has 4 rings (SSSR count). The van der Waals surface area contributed by atoms with E-state index in [2.05, 4.69) is 112 Å². The molecular formula is C33H57N5O5Si3. The first-order valence-electron chi connectivity index (χ1n) is 16.4. The van der Waals surface area contributed by atoms with Gasteiger partial charge in [-0.05, 0) is 71.5 Å². The lowest BCUT2D eigenvalue weighted by Gasteiger charge is -2.44. The molecule has 0 saturated carbocycles. The summed E-state index contributed by atoms with van der Waals surface area (Å²) in [6.07, 6.45) is 2.81. The van der Waals surface area contributed by atoms with Gasteiger partial charge >= 0.3 is 0 Å². The van der Waals surface area contributed by atoms with Crippen molar-refractivity contribution in [1.82, 2.24) is 19.5 Å². The van der Waals surface area contributed by atoms with Crippen molar-refractivity contribution in [3.8, 4) is 11.4 Å². The average Bonchev–Trinajstić information content (AvgIpc) is 3.46. The Morgan fingerprint density at radius 1 is 0.804 bits per heavy atom. The topological polar surface area (TPSA) is 107 Å². The molecule has 3 aromatic rings. The number of ether oxygens (including phenoxy) is 1. The van der Waals surface area contributed by atoms with Crippen LogP contribution in [0.15, 0.2) is 37.1 Å². The van der Waals surface area contributed by atoms with E-state index in [1.54, 1.807) is 18.6 Å². The normalized spacial score (nSPS) is 22.2. The Morgan fingerprint density at radius 3 is 1.89 bits per heavy atom. The van der Waals surface area contributed by atoms with E-state index < -0.39 is 37.3 Å². The smallest absolute Gasteiger partial charge is 0.292 e. The zero-order valence-corrected chi connectivity index (χ0v) is 33.8. The molecule has 1 saturated heterocycles. The van der Waals surface area contributed by atoms with Gasteiger partial charge in [0.15, 0.2) is 42.4 Å². The summed E-state index contributed by atoms with van der Waals surface area (Å²) in [6, 6.07) is 5.47. The van der Waals surface area contributed by atoms with Crippen molar-refractivity contribution in [3.05, 3.63) is 42.3 Å². The lowest BCUT2D eigenvalue weighted by molar-refractivity contribution is -0.595. The quantitative estimate of drug-likeness (QED) is 0.127. The Morgan fingerprint density at radius 2 is 1.37 bits per heavy atom. The molecule has 1 aliphatic rings. The molecule has 3 aromatic heterocycles. The van der Waals surface area contributed by atoms with Crippen LogP contribution in [0.25, 0.3) is 22.6 Å². The van der Waals surface area contributed by atoms with Crippen LogP contribution in [0.3, 0.4) is 0 Å². The van der Waals surface area contributed by atoms with Gasteiger partial charge in [-0.3, -0.25) is 9.55 Å². The van der Waals surface area contributed by atoms with Gasteiger partial charge in [-0.2, -0.15) is 0 Å². The number of pyridine rings is 1. The summed E-state index contributed by atoms with van der Waals surface area (Å²) in [5.41, 5.74) is 1.85. The van der Waals surface area contributed by atoms with E-state index >= 15 is 0 Å². The number of hydrogen-bond acceptors (Lipinski definition) is 8. The molecule has 256 valence electrons. The minimum absolute atomic E-state index is 0.0277. The third-order valence-corrected chi connectivity index (χ3v) is 24.3. The van der Waals surface area contributed by atoms with Gasteiger partial charge < -0.3 is 23.2 Å². The molecule has 0 aliphatic carbocycles. The number of imidazole rings is 1. The summed E-state index contributed by atoms with van der Waals surface area (Å²) >= 11 is 0. The zero-order valence-electron chi connectivity index (χ0n) is 30.8. The molecule has 1 fully saturated rings. The maximum atomic E-state index is 13.0. The van der Waals surface area contributed by atoms with E-state index in [1.165, 1.54) is 6.33 Å². The lowest BCUT2D eigenvalue weighted by atomic mass is 10.1. The van der Waals surface area contributed by atoms with Crippen molar-refractivity contribution in [1.29, 1.82) is 0 Å². The van der Waals surface area contributed by atoms with Crippen molar-refractivity contribution in [2.45, 2.75) is 141 Å².